The smallest absolute Gasteiger partial charge is 0.255 e. The third-order valence-electron chi connectivity index (χ3n) is 6.69. The van der Waals surface area contributed by atoms with Gasteiger partial charge >= 0.3 is 0 Å². The predicted molar refractivity (Wildman–Crippen MR) is 140 cm³/mol. The van der Waals surface area contributed by atoms with Gasteiger partial charge in [-0.1, -0.05) is 42.5 Å². The second kappa shape index (κ2) is 9.79. The first-order valence-electron chi connectivity index (χ1n) is 12.2. The summed E-state index contributed by atoms with van der Waals surface area (Å²) in [6.07, 6.45) is 8.26. The molecule has 2 atom stereocenters. The molecular formula is C28H25N7O2. The van der Waals surface area contributed by atoms with Crippen molar-refractivity contribution in [3.63, 3.8) is 0 Å². The summed E-state index contributed by atoms with van der Waals surface area (Å²) in [7, 11) is 0. The van der Waals surface area contributed by atoms with E-state index in [9.17, 15) is 9.90 Å². The number of benzene rings is 2. The summed E-state index contributed by atoms with van der Waals surface area (Å²) in [5.41, 5.74) is 4.76. The van der Waals surface area contributed by atoms with Crippen LogP contribution >= 0.6 is 0 Å². The highest BCUT2D eigenvalue weighted by atomic mass is 16.3. The van der Waals surface area contributed by atoms with Crippen molar-refractivity contribution in [2.75, 3.05) is 23.8 Å². The van der Waals surface area contributed by atoms with Crippen molar-refractivity contribution < 1.29 is 9.90 Å². The zero-order valence-corrected chi connectivity index (χ0v) is 20.0. The van der Waals surface area contributed by atoms with Gasteiger partial charge in [-0.15, -0.1) is 0 Å². The highest BCUT2D eigenvalue weighted by Gasteiger charge is 2.36. The molecule has 0 spiro atoms. The number of hydrogen-bond donors (Lipinski definition) is 3. The molecule has 1 unspecified atom stereocenters. The monoisotopic (exact) mass is 491 g/mol. The van der Waals surface area contributed by atoms with Crippen LogP contribution in [-0.2, 0) is 0 Å². The summed E-state index contributed by atoms with van der Waals surface area (Å²) in [6.45, 7) is 0.512. The first-order valence-corrected chi connectivity index (χ1v) is 12.2. The van der Waals surface area contributed by atoms with E-state index in [-0.39, 0.29) is 24.6 Å². The lowest BCUT2D eigenvalue weighted by atomic mass is 10.00. The molecule has 2 aromatic heterocycles. The average molecular weight is 492 g/mol. The van der Waals surface area contributed by atoms with Crippen molar-refractivity contribution in [1.29, 1.82) is 0 Å². The highest BCUT2D eigenvalue weighted by Crippen LogP contribution is 2.39. The molecule has 0 bridgehead atoms. The van der Waals surface area contributed by atoms with Crippen LogP contribution in [-0.4, -0.2) is 49.2 Å². The lowest BCUT2D eigenvalue weighted by Gasteiger charge is -2.26. The Balaban J connectivity index is 1.33. The van der Waals surface area contributed by atoms with Crippen LogP contribution in [0.2, 0.25) is 0 Å². The zero-order valence-electron chi connectivity index (χ0n) is 20.0. The van der Waals surface area contributed by atoms with Crippen molar-refractivity contribution in [2.24, 2.45) is 0 Å². The lowest BCUT2D eigenvalue weighted by Crippen LogP contribution is -2.29. The Morgan fingerprint density at radius 3 is 2.76 bits per heavy atom. The molecule has 2 aromatic carbocycles. The minimum Gasteiger partial charge on any atom is -0.394 e. The van der Waals surface area contributed by atoms with Gasteiger partial charge in [-0.25, -0.2) is 4.98 Å². The first-order chi connectivity index (χ1) is 18.2. The van der Waals surface area contributed by atoms with Crippen LogP contribution in [0.4, 0.5) is 17.5 Å². The zero-order chi connectivity index (χ0) is 25.2. The minimum atomic E-state index is -0.379. The molecule has 37 heavy (non-hydrogen) atoms. The number of carbonyl (C=O) groups is 1. The number of carbonyl (C=O) groups excluding carboxylic acids is 1. The molecule has 0 fully saturated rings. The molecule has 9 nitrogen and oxygen atoms in total. The van der Waals surface area contributed by atoms with Crippen LogP contribution in [0.25, 0.3) is 11.3 Å². The number of nitrogens with one attached hydrogen (secondary N) is 2. The second-order valence-electron chi connectivity index (χ2n) is 8.96. The topological polar surface area (TPSA) is 116 Å². The van der Waals surface area contributed by atoms with Gasteiger partial charge in [-0.05, 0) is 47.9 Å². The number of anilines is 3. The fraction of sp³-hybridized carbons (Fsp3) is 0.179. The third-order valence-corrected chi connectivity index (χ3v) is 6.69. The molecule has 4 aromatic rings. The van der Waals surface area contributed by atoms with E-state index in [1.165, 1.54) is 0 Å². The number of aliphatic hydroxyl groups is 1. The number of amides is 1. The predicted octanol–water partition coefficient (Wildman–Crippen LogP) is 4.28. The summed E-state index contributed by atoms with van der Waals surface area (Å²) in [5, 5.41) is 25.0. The van der Waals surface area contributed by atoms with E-state index in [1.54, 1.807) is 18.5 Å². The Morgan fingerprint density at radius 2 is 1.95 bits per heavy atom. The van der Waals surface area contributed by atoms with Crippen molar-refractivity contribution >= 4 is 23.4 Å². The van der Waals surface area contributed by atoms with Gasteiger partial charge in [0.15, 0.2) is 0 Å². The van der Waals surface area contributed by atoms with Gasteiger partial charge in [0.1, 0.15) is 5.82 Å². The summed E-state index contributed by atoms with van der Waals surface area (Å²) in [6, 6.07) is 18.7. The minimum absolute atomic E-state index is 0.0580. The third kappa shape index (κ3) is 4.41. The standard InChI is InChI=1S/C28H25N7O2/c36-17-24(18-7-2-1-3-8-18)32-26-22(23-9-6-13-30-34-23)16-29-28(33-26)31-19-11-12-20-21(15-19)25-10-4-5-14-35(25)27(20)37/h1-9,11-13,15-16,24-25,36H,10,14,17H2,(H2,29,31,32,33)/t24-,25?/m1/s1. The summed E-state index contributed by atoms with van der Waals surface area (Å²) >= 11 is 0. The number of aromatic nitrogens is 4. The maximum atomic E-state index is 12.8. The van der Waals surface area contributed by atoms with Gasteiger partial charge in [-0.3, -0.25) is 4.79 Å². The van der Waals surface area contributed by atoms with E-state index in [1.807, 2.05) is 65.6 Å². The Labute approximate surface area is 213 Å². The Bertz CT molecular complexity index is 1460. The molecule has 3 N–H and O–H groups in total. The van der Waals surface area contributed by atoms with E-state index < -0.39 is 0 Å². The average Bonchev–Trinajstić information content (AvgIpc) is 3.24. The summed E-state index contributed by atoms with van der Waals surface area (Å²) in [5.74, 6) is 0.966. The van der Waals surface area contributed by atoms with Gasteiger partial charge in [-0.2, -0.15) is 15.2 Å². The van der Waals surface area contributed by atoms with Crippen molar-refractivity contribution in [3.8, 4) is 11.3 Å². The maximum absolute atomic E-state index is 12.8. The molecule has 1 amide bonds. The van der Waals surface area contributed by atoms with Gasteiger partial charge in [0, 0.05) is 30.2 Å². The second-order valence-corrected chi connectivity index (χ2v) is 8.96. The fourth-order valence-corrected chi connectivity index (χ4v) is 4.85. The van der Waals surface area contributed by atoms with Gasteiger partial charge in [0.05, 0.1) is 29.9 Å². The van der Waals surface area contributed by atoms with Gasteiger partial charge in [0.2, 0.25) is 5.95 Å². The maximum Gasteiger partial charge on any atom is 0.255 e. The van der Waals surface area contributed by atoms with Crippen LogP contribution < -0.4 is 10.6 Å². The molecule has 184 valence electrons. The number of hydrogen-bond acceptors (Lipinski definition) is 8. The van der Waals surface area contributed by atoms with E-state index in [0.29, 0.717) is 29.6 Å². The van der Waals surface area contributed by atoms with Crippen molar-refractivity contribution in [2.45, 2.75) is 18.5 Å². The molecule has 9 heteroatoms. The van der Waals surface area contributed by atoms with Gasteiger partial charge < -0.3 is 20.6 Å². The normalized spacial score (nSPS) is 16.7. The lowest BCUT2D eigenvalue weighted by molar-refractivity contribution is 0.0741. The number of aliphatic hydroxyl groups excluding tert-OH is 1. The quantitative estimate of drug-likeness (QED) is 0.328. The van der Waals surface area contributed by atoms with E-state index in [4.69, 9.17) is 4.98 Å². The molecule has 0 saturated heterocycles. The van der Waals surface area contributed by atoms with E-state index in [0.717, 1.165) is 28.8 Å². The molecule has 0 aliphatic carbocycles. The molecule has 2 aliphatic heterocycles. The van der Waals surface area contributed by atoms with Crippen LogP contribution in [0.15, 0.2) is 85.2 Å². The summed E-state index contributed by atoms with van der Waals surface area (Å²) in [4.78, 5) is 23.9. The highest BCUT2D eigenvalue weighted by molar-refractivity contribution is 6.00. The molecule has 0 radical (unpaired) electrons. The van der Waals surface area contributed by atoms with Crippen LogP contribution in [0, 0.1) is 0 Å². The Hall–Kier alpha value is -4.63. The first kappa shape index (κ1) is 22.8. The van der Waals surface area contributed by atoms with Gasteiger partial charge in [0.25, 0.3) is 5.91 Å². The largest absolute Gasteiger partial charge is 0.394 e. The number of fused-ring (bicyclic) bond motifs is 3. The molecule has 0 saturated carbocycles. The molecule has 2 aliphatic rings. The van der Waals surface area contributed by atoms with Crippen molar-refractivity contribution in [1.82, 2.24) is 25.1 Å². The van der Waals surface area contributed by atoms with Crippen LogP contribution in [0.3, 0.4) is 0 Å². The molecule has 6 rings (SSSR count). The number of nitrogens with zero attached hydrogens (tertiary/aromatic N) is 5. The SMILES string of the molecule is O=C1c2ccc(Nc3ncc(-c4cccnn4)c(N[C@H](CO)c4ccccc4)n3)cc2C2CC=CCN12. The van der Waals surface area contributed by atoms with Crippen LogP contribution in [0.5, 0.6) is 0 Å². The van der Waals surface area contributed by atoms with Crippen LogP contribution in [0.1, 0.15) is 40.0 Å². The molecular weight excluding hydrogens is 466 g/mol. The number of rotatable bonds is 7. The van der Waals surface area contributed by atoms with Crippen molar-refractivity contribution in [3.05, 3.63) is 102 Å². The molecule has 4 heterocycles. The van der Waals surface area contributed by atoms with E-state index >= 15 is 0 Å². The Kier molecular flexibility index (Phi) is 6.03. The fourth-order valence-electron chi connectivity index (χ4n) is 4.85. The summed E-state index contributed by atoms with van der Waals surface area (Å²) < 4.78 is 0. The Morgan fingerprint density at radius 1 is 1.05 bits per heavy atom. The van der Waals surface area contributed by atoms with E-state index in [2.05, 4.69) is 31.9 Å².